The van der Waals surface area contributed by atoms with Crippen LogP contribution in [0.15, 0.2) is 53.1 Å². The summed E-state index contributed by atoms with van der Waals surface area (Å²) in [6.45, 7) is 0.498. The highest BCUT2D eigenvalue weighted by Gasteiger charge is 2.13. The number of halogens is 2. The molecule has 0 saturated carbocycles. The number of fused-ring (bicyclic) bond motifs is 1. The van der Waals surface area contributed by atoms with Crippen LogP contribution < -0.4 is 0 Å². The second-order valence-electron chi connectivity index (χ2n) is 4.70. The molecule has 0 fully saturated rings. The quantitative estimate of drug-likeness (QED) is 0.516. The fourth-order valence-electron chi connectivity index (χ4n) is 2.35. The van der Waals surface area contributed by atoms with Gasteiger partial charge < -0.3 is 4.57 Å². The predicted octanol–water partition coefficient (Wildman–Crippen LogP) is 4.50. The van der Waals surface area contributed by atoms with E-state index in [4.69, 9.17) is 0 Å². The number of non-ortho nitro benzene ring substituents is 1. The van der Waals surface area contributed by atoms with Crippen molar-refractivity contribution in [3.05, 3.63) is 74.6 Å². The molecule has 21 heavy (non-hydrogen) atoms. The van der Waals surface area contributed by atoms with Crippen LogP contribution in [0.3, 0.4) is 0 Å². The third-order valence-electron chi connectivity index (χ3n) is 3.25. The highest BCUT2D eigenvalue weighted by molar-refractivity contribution is 9.10. The standard InChI is InChI=1S/C15H10BrFN2O2/c16-14-8-13(19(20)21)7-11-4-5-18(15(11)14)9-10-2-1-3-12(17)6-10/h1-8H,9H2. The van der Waals surface area contributed by atoms with Crippen LogP contribution in [-0.4, -0.2) is 9.49 Å². The van der Waals surface area contributed by atoms with Gasteiger partial charge in [-0.15, -0.1) is 0 Å². The van der Waals surface area contributed by atoms with E-state index in [0.29, 0.717) is 11.0 Å². The maximum atomic E-state index is 13.2. The monoisotopic (exact) mass is 348 g/mol. The van der Waals surface area contributed by atoms with E-state index >= 15 is 0 Å². The second kappa shape index (κ2) is 5.29. The first-order chi connectivity index (χ1) is 10.0. The molecule has 0 saturated heterocycles. The molecule has 0 amide bonds. The van der Waals surface area contributed by atoms with Crippen LogP contribution in [0.1, 0.15) is 5.56 Å². The summed E-state index contributed by atoms with van der Waals surface area (Å²) in [7, 11) is 0. The smallest absolute Gasteiger partial charge is 0.271 e. The summed E-state index contributed by atoms with van der Waals surface area (Å²) < 4.78 is 15.8. The lowest BCUT2D eigenvalue weighted by atomic mass is 10.2. The average Bonchev–Trinajstić information content (AvgIpc) is 2.82. The maximum absolute atomic E-state index is 13.2. The average molecular weight is 349 g/mol. The van der Waals surface area contributed by atoms with Crippen LogP contribution in [0.2, 0.25) is 0 Å². The van der Waals surface area contributed by atoms with Gasteiger partial charge in [0.05, 0.1) is 10.4 Å². The van der Waals surface area contributed by atoms with Gasteiger partial charge in [0.25, 0.3) is 5.69 Å². The number of benzene rings is 2. The highest BCUT2D eigenvalue weighted by atomic mass is 79.9. The SMILES string of the molecule is O=[N+]([O-])c1cc(Br)c2c(ccn2Cc2cccc(F)c2)c1. The molecule has 0 atom stereocenters. The second-order valence-corrected chi connectivity index (χ2v) is 5.55. The van der Waals surface area contributed by atoms with Gasteiger partial charge in [0, 0.05) is 34.7 Å². The summed E-state index contributed by atoms with van der Waals surface area (Å²) in [5.74, 6) is -0.279. The van der Waals surface area contributed by atoms with Gasteiger partial charge in [-0.2, -0.15) is 0 Å². The van der Waals surface area contributed by atoms with Gasteiger partial charge in [-0.3, -0.25) is 10.1 Å². The van der Waals surface area contributed by atoms with E-state index < -0.39 is 4.92 Å². The molecule has 3 aromatic rings. The Hall–Kier alpha value is -2.21. The Morgan fingerprint density at radius 1 is 1.24 bits per heavy atom. The van der Waals surface area contributed by atoms with Crippen LogP contribution in [0.25, 0.3) is 10.9 Å². The Balaban J connectivity index is 2.06. The lowest BCUT2D eigenvalue weighted by molar-refractivity contribution is -0.384. The van der Waals surface area contributed by atoms with Gasteiger partial charge in [0.15, 0.2) is 0 Å². The van der Waals surface area contributed by atoms with Crippen molar-refractivity contribution < 1.29 is 9.31 Å². The molecular weight excluding hydrogens is 339 g/mol. The van der Waals surface area contributed by atoms with Gasteiger partial charge >= 0.3 is 0 Å². The number of rotatable bonds is 3. The molecule has 0 unspecified atom stereocenters. The first-order valence-electron chi connectivity index (χ1n) is 6.22. The summed E-state index contributed by atoms with van der Waals surface area (Å²) in [4.78, 5) is 10.4. The maximum Gasteiger partial charge on any atom is 0.271 e. The zero-order valence-corrected chi connectivity index (χ0v) is 12.4. The molecule has 0 N–H and O–H groups in total. The van der Waals surface area contributed by atoms with Crippen LogP contribution in [0.5, 0.6) is 0 Å². The zero-order chi connectivity index (χ0) is 15.0. The fourth-order valence-corrected chi connectivity index (χ4v) is 3.04. The van der Waals surface area contributed by atoms with E-state index in [1.807, 2.05) is 22.9 Å². The van der Waals surface area contributed by atoms with Crippen molar-refractivity contribution in [1.82, 2.24) is 4.57 Å². The molecule has 1 heterocycles. The van der Waals surface area contributed by atoms with E-state index in [1.54, 1.807) is 6.07 Å². The van der Waals surface area contributed by atoms with Crippen molar-refractivity contribution in [3.63, 3.8) is 0 Å². The highest BCUT2D eigenvalue weighted by Crippen LogP contribution is 2.30. The summed E-state index contributed by atoms with van der Waals surface area (Å²) >= 11 is 3.37. The van der Waals surface area contributed by atoms with Crippen molar-refractivity contribution in [1.29, 1.82) is 0 Å². The van der Waals surface area contributed by atoms with Gasteiger partial charge in [-0.05, 0) is 39.7 Å². The molecule has 2 aromatic carbocycles. The lowest BCUT2D eigenvalue weighted by Gasteiger charge is -2.07. The van der Waals surface area contributed by atoms with Crippen LogP contribution in [0.4, 0.5) is 10.1 Å². The number of aromatic nitrogens is 1. The van der Waals surface area contributed by atoms with E-state index in [1.165, 1.54) is 24.3 Å². The lowest BCUT2D eigenvalue weighted by Crippen LogP contribution is -1.99. The molecule has 4 nitrogen and oxygen atoms in total. The minimum absolute atomic E-state index is 0.0397. The minimum atomic E-state index is -0.423. The summed E-state index contributed by atoms with van der Waals surface area (Å²) in [6.07, 6.45) is 1.84. The van der Waals surface area contributed by atoms with Crippen LogP contribution >= 0.6 is 15.9 Å². The van der Waals surface area contributed by atoms with Crippen molar-refractivity contribution in [2.24, 2.45) is 0 Å². The number of hydrogen-bond donors (Lipinski definition) is 0. The molecule has 0 bridgehead atoms. The van der Waals surface area contributed by atoms with Crippen LogP contribution in [-0.2, 0) is 6.54 Å². The van der Waals surface area contributed by atoms with Gasteiger partial charge in [-0.1, -0.05) is 12.1 Å². The normalized spacial score (nSPS) is 11.0. The Kier molecular flexibility index (Phi) is 3.47. The summed E-state index contributed by atoms with van der Waals surface area (Å²) in [6, 6.07) is 11.2. The molecule has 0 aliphatic carbocycles. The Morgan fingerprint density at radius 2 is 2.05 bits per heavy atom. The van der Waals surface area contributed by atoms with Crippen molar-refractivity contribution in [2.75, 3.05) is 0 Å². The third kappa shape index (κ3) is 2.67. The molecule has 3 rings (SSSR count). The number of hydrogen-bond acceptors (Lipinski definition) is 2. The van der Waals surface area contributed by atoms with Gasteiger partial charge in [0.1, 0.15) is 5.82 Å². The van der Waals surface area contributed by atoms with E-state index in [0.717, 1.165) is 16.5 Å². The number of nitrogens with zero attached hydrogens (tertiary/aromatic N) is 2. The fraction of sp³-hybridized carbons (Fsp3) is 0.0667. The van der Waals surface area contributed by atoms with Gasteiger partial charge in [0.2, 0.25) is 0 Å². The largest absolute Gasteiger partial charge is 0.342 e. The topological polar surface area (TPSA) is 48.1 Å². The molecule has 0 spiro atoms. The molecular formula is C15H10BrFN2O2. The van der Waals surface area contributed by atoms with Crippen molar-refractivity contribution >= 4 is 32.5 Å². The summed E-state index contributed by atoms with van der Waals surface area (Å²) in [5, 5.41) is 11.6. The molecule has 0 aliphatic rings. The minimum Gasteiger partial charge on any atom is -0.342 e. The van der Waals surface area contributed by atoms with Crippen molar-refractivity contribution in [3.8, 4) is 0 Å². The molecule has 0 radical (unpaired) electrons. The van der Waals surface area contributed by atoms with Gasteiger partial charge in [-0.25, -0.2) is 4.39 Å². The molecule has 106 valence electrons. The van der Waals surface area contributed by atoms with E-state index in [9.17, 15) is 14.5 Å². The predicted molar refractivity (Wildman–Crippen MR) is 81.8 cm³/mol. The third-order valence-corrected chi connectivity index (χ3v) is 3.86. The number of nitro groups is 1. The Labute approximate surface area is 128 Å². The van der Waals surface area contributed by atoms with Crippen molar-refractivity contribution in [2.45, 2.75) is 6.54 Å². The Morgan fingerprint density at radius 3 is 2.76 bits per heavy atom. The number of nitro benzene ring substituents is 1. The molecule has 1 aromatic heterocycles. The summed E-state index contributed by atoms with van der Waals surface area (Å²) in [5.41, 5.74) is 1.72. The molecule has 6 heteroatoms. The van der Waals surface area contributed by atoms with E-state index in [-0.39, 0.29) is 11.5 Å². The first-order valence-corrected chi connectivity index (χ1v) is 7.01. The zero-order valence-electron chi connectivity index (χ0n) is 10.8. The molecule has 0 aliphatic heterocycles. The van der Waals surface area contributed by atoms with E-state index in [2.05, 4.69) is 15.9 Å². The Bertz CT molecular complexity index is 845. The van der Waals surface area contributed by atoms with Crippen LogP contribution in [0, 0.1) is 15.9 Å². The first kappa shape index (κ1) is 13.8.